The van der Waals surface area contributed by atoms with Crippen LogP contribution < -0.4 is 48.4 Å². The van der Waals surface area contributed by atoms with Crippen molar-refractivity contribution in [2.75, 3.05) is 80.0 Å². The van der Waals surface area contributed by atoms with E-state index < -0.39 is 11.9 Å². The predicted molar refractivity (Wildman–Crippen MR) is 84.9 cm³/mol. The maximum atomic E-state index is 2.37. The quantitative estimate of drug-likeness (QED) is 0.344. The molecule has 0 aromatic heterocycles. The van der Waals surface area contributed by atoms with Crippen LogP contribution in [0.25, 0.3) is 0 Å². The summed E-state index contributed by atoms with van der Waals surface area (Å²) in [6.07, 6.45) is 0. The molecular weight excluding hydrogens is 236 g/mol. The molecule has 0 aromatic carbocycles. The van der Waals surface area contributed by atoms with Gasteiger partial charge < -0.3 is 0 Å². The zero-order chi connectivity index (χ0) is 12.8. The Bertz CT molecular complexity index is 166. The van der Waals surface area contributed by atoms with E-state index in [0.29, 0.717) is 0 Å². The summed E-state index contributed by atoms with van der Waals surface area (Å²) in [5.74, 6) is -3.31. The van der Waals surface area contributed by atoms with Crippen molar-refractivity contribution >= 4 is 11.9 Å². The van der Waals surface area contributed by atoms with Crippen LogP contribution in [0.15, 0.2) is 0 Å². The molecule has 0 heterocycles. The Morgan fingerprint density at radius 1 is 0.375 bits per heavy atom. The van der Waals surface area contributed by atoms with Gasteiger partial charge in [-0.15, -0.1) is 0 Å². The molecule has 0 amide bonds. The molecule has 4 heteroatoms. The third-order valence-electron chi connectivity index (χ3n) is 0. The summed E-state index contributed by atoms with van der Waals surface area (Å²) in [4.78, 5) is 0. The molecule has 0 saturated carbocycles. The van der Waals surface area contributed by atoms with Crippen LogP contribution in [0.4, 0.5) is 0 Å². The van der Waals surface area contributed by atoms with Gasteiger partial charge in [-0.05, 0) is 0 Å². The molecule has 0 N–H and O–H groups in total. The second kappa shape index (κ2) is 4.49. The normalized spacial score (nSPS) is 20.2. The smallest absolute Gasteiger partial charge is 1.00 e. The third-order valence-corrected chi connectivity index (χ3v) is 0. The van der Waals surface area contributed by atoms with Crippen molar-refractivity contribution in [3.05, 3.63) is 0 Å². The SMILES string of the molecule is C[P-](C)(C)(C)(C)C.C[P-](C)(C)(C)(C)C.[Li+].[Na+]. The van der Waals surface area contributed by atoms with E-state index >= 15 is 0 Å². The first-order valence-corrected chi connectivity index (χ1v) is 16.1. The fourth-order valence-corrected chi connectivity index (χ4v) is 0. The van der Waals surface area contributed by atoms with Crippen molar-refractivity contribution in [2.45, 2.75) is 0 Å². The van der Waals surface area contributed by atoms with Crippen molar-refractivity contribution in [1.82, 2.24) is 0 Å². The van der Waals surface area contributed by atoms with Gasteiger partial charge in [-0.25, -0.2) is 0 Å². The molecule has 0 rings (SSSR count). The van der Waals surface area contributed by atoms with Crippen LogP contribution >= 0.6 is 11.9 Å². The Labute approximate surface area is 139 Å². The van der Waals surface area contributed by atoms with E-state index in [2.05, 4.69) is 80.0 Å². The largest absolute Gasteiger partial charge is 1.00 e. The van der Waals surface area contributed by atoms with Crippen molar-refractivity contribution in [1.29, 1.82) is 0 Å². The van der Waals surface area contributed by atoms with Gasteiger partial charge in [-0.2, -0.15) is 0 Å². The standard InChI is InChI=1S/2C6H18P.Li.Na/c2*1-7(2,3,4,5)6;;/h2*1-6H3;;/q2*-1;2*+1. The molecule has 0 bridgehead atoms. The van der Waals surface area contributed by atoms with E-state index in [0.717, 1.165) is 0 Å². The first-order valence-electron chi connectivity index (χ1n) is 5.37. The molecule has 16 heavy (non-hydrogen) atoms. The summed E-state index contributed by atoms with van der Waals surface area (Å²) < 4.78 is 0. The van der Waals surface area contributed by atoms with Crippen LogP contribution in [0.5, 0.6) is 0 Å². The van der Waals surface area contributed by atoms with Crippen LogP contribution in [0.3, 0.4) is 0 Å². The molecule has 0 saturated heterocycles. The van der Waals surface area contributed by atoms with E-state index in [1.807, 2.05) is 0 Å². The Balaban J connectivity index is -0.0000000800. The molecule has 0 atom stereocenters. The van der Waals surface area contributed by atoms with Gasteiger partial charge in [-0.1, -0.05) is 0 Å². The molecule has 0 aromatic rings. The van der Waals surface area contributed by atoms with Gasteiger partial charge in [0.1, 0.15) is 0 Å². The number of hydrogen-bond acceptors (Lipinski definition) is 0. The van der Waals surface area contributed by atoms with Crippen LogP contribution in [-0.4, -0.2) is 80.0 Å². The Morgan fingerprint density at radius 3 is 0.375 bits per heavy atom. The van der Waals surface area contributed by atoms with Crippen molar-refractivity contribution < 1.29 is 48.4 Å². The molecule has 96 valence electrons. The molecule has 0 fully saturated rings. The Hall–Kier alpha value is 2.46. The number of rotatable bonds is 0. The summed E-state index contributed by atoms with van der Waals surface area (Å²) in [7, 11) is 0. The van der Waals surface area contributed by atoms with Gasteiger partial charge >= 0.3 is 140 Å². The van der Waals surface area contributed by atoms with E-state index in [-0.39, 0.29) is 48.4 Å². The molecule has 0 aliphatic carbocycles. The maximum Gasteiger partial charge on any atom is 1.00 e. The van der Waals surface area contributed by atoms with Gasteiger partial charge in [-0.3, -0.25) is 0 Å². The zero-order valence-corrected chi connectivity index (χ0v) is 18.7. The average Bonchev–Trinajstić information content (AvgIpc) is 0.938. The second-order valence-electron chi connectivity index (χ2n) is 13.4. The fourth-order valence-electron chi connectivity index (χ4n) is 0. The van der Waals surface area contributed by atoms with E-state index in [9.17, 15) is 0 Å². The van der Waals surface area contributed by atoms with Gasteiger partial charge in [0.2, 0.25) is 0 Å². The predicted octanol–water partition coefficient (Wildman–Crippen LogP) is -2.28. The van der Waals surface area contributed by atoms with Gasteiger partial charge in [0.15, 0.2) is 0 Å². The zero-order valence-electron chi connectivity index (χ0n) is 14.9. The van der Waals surface area contributed by atoms with Crippen molar-refractivity contribution in [2.24, 2.45) is 0 Å². The summed E-state index contributed by atoms with van der Waals surface area (Å²) in [6, 6.07) is 0. The van der Waals surface area contributed by atoms with Gasteiger partial charge in [0, 0.05) is 0 Å². The van der Waals surface area contributed by atoms with Crippen LogP contribution in [0.1, 0.15) is 0 Å². The summed E-state index contributed by atoms with van der Waals surface area (Å²) in [5.41, 5.74) is 0. The Morgan fingerprint density at radius 2 is 0.375 bits per heavy atom. The molecule has 0 nitrogen and oxygen atoms in total. The first-order chi connectivity index (χ1) is 4.90. The summed E-state index contributed by atoms with van der Waals surface area (Å²) >= 11 is 0. The van der Waals surface area contributed by atoms with Crippen molar-refractivity contribution in [3.8, 4) is 0 Å². The monoisotopic (exact) mass is 272 g/mol. The first kappa shape index (κ1) is 26.9. The molecule has 0 unspecified atom stereocenters. The van der Waals surface area contributed by atoms with E-state index in [1.165, 1.54) is 0 Å². The van der Waals surface area contributed by atoms with E-state index in [1.54, 1.807) is 0 Å². The molecular formula is C12H36LiNaP2. The molecule has 0 aliphatic heterocycles. The summed E-state index contributed by atoms with van der Waals surface area (Å²) in [5, 5.41) is 0. The minimum absolute atomic E-state index is 0. The van der Waals surface area contributed by atoms with Crippen LogP contribution in [0.2, 0.25) is 0 Å². The summed E-state index contributed by atoms with van der Waals surface area (Å²) in [6.45, 7) is 28.4. The van der Waals surface area contributed by atoms with E-state index in [4.69, 9.17) is 0 Å². The topological polar surface area (TPSA) is 0 Å². The minimum Gasteiger partial charge on any atom is 1.00 e. The maximum absolute atomic E-state index is 2.37. The van der Waals surface area contributed by atoms with Gasteiger partial charge in [0.05, 0.1) is 0 Å². The number of hydrogen-bond donors (Lipinski definition) is 0. The Kier molecular flexibility index (Phi) is 7.55. The van der Waals surface area contributed by atoms with Gasteiger partial charge in [0.25, 0.3) is 0 Å². The van der Waals surface area contributed by atoms with Crippen LogP contribution in [-0.2, 0) is 0 Å². The average molecular weight is 272 g/mol. The molecule has 0 spiro atoms. The molecule has 0 aliphatic rings. The fraction of sp³-hybridized carbons (Fsp3) is 1.00. The third kappa shape index (κ3) is 651. The van der Waals surface area contributed by atoms with Crippen molar-refractivity contribution in [3.63, 3.8) is 0 Å². The second-order valence-corrected chi connectivity index (χ2v) is 40.2. The minimum atomic E-state index is -1.66. The molecule has 0 radical (unpaired) electrons. The van der Waals surface area contributed by atoms with Crippen LogP contribution in [0, 0.1) is 0 Å².